The lowest BCUT2D eigenvalue weighted by Crippen LogP contribution is -2.26. The second kappa shape index (κ2) is 8.08. The highest BCUT2D eigenvalue weighted by molar-refractivity contribution is 5.35. The van der Waals surface area contributed by atoms with Gasteiger partial charge in [-0.2, -0.15) is 0 Å². The summed E-state index contributed by atoms with van der Waals surface area (Å²) in [6.45, 7) is 3.18. The molecule has 0 spiro atoms. The van der Waals surface area contributed by atoms with Crippen molar-refractivity contribution in [3.05, 3.63) is 29.8 Å². The van der Waals surface area contributed by atoms with Crippen LogP contribution in [0.25, 0.3) is 0 Å². The third kappa shape index (κ3) is 4.29. The topological polar surface area (TPSA) is 39.7 Å². The van der Waals surface area contributed by atoms with Crippen LogP contribution in [0.1, 0.15) is 18.5 Å². The Morgan fingerprint density at radius 3 is 2.50 bits per heavy atom. The quantitative estimate of drug-likeness (QED) is 0.769. The van der Waals surface area contributed by atoms with E-state index in [-0.39, 0.29) is 12.1 Å². The number of hydrogen-bond donors (Lipinski definition) is 1. The van der Waals surface area contributed by atoms with Crippen LogP contribution in [0.2, 0.25) is 0 Å². The highest BCUT2D eigenvalue weighted by atomic mass is 16.5. The summed E-state index contributed by atoms with van der Waals surface area (Å²) in [5.74, 6) is 0.875. The molecule has 0 aliphatic heterocycles. The molecule has 0 aliphatic rings. The number of methoxy groups -OCH3 is 2. The van der Waals surface area contributed by atoms with Crippen LogP contribution in [0, 0.1) is 0 Å². The van der Waals surface area contributed by atoms with E-state index in [2.05, 4.69) is 5.32 Å². The van der Waals surface area contributed by atoms with E-state index >= 15 is 0 Å². The van der Waals surface area contributed by atoms with E-state index in [1.54, 1.807) is 14.2 Å². The Kier molecular flexibility index (Phi) is 6.72. The molecule has 1 rings (SSSR count). The van der Waals surface area contributed by atoms with Gasteiger partial charge >= 0.3 is 0 Å². The molecule has 102 valence electrons. The van der Waals surface area contributed by atoms with E-state index in [4.69, 9.17) is 14.2 Å². The summed E-state index contributed by atoms with van der Waals surface area (Å²) in [5.41, 5.74) is 1.10. The van der Waals surface area contributed by atoms with Gasteiger partial charge in [-0.25, -0.2) is 0 Å². The normalized spacial score (nSPS) is 14.2. The molecule has 18 heavy (non-hydrogen) atoms. The third-order valence-electron chi connectivity index (χ3n) is 2.81. The van der Waals surface area contributed by atoms with E-state index in [0.29, 0.717) is 13.2 Å². The van der Waals surface area contributed by atoms with Gasteiger partial charge in [-0.15, -0.1) is 0 Å². The van der Waals surface area contributed by atoms with Crippen molar-refractivity contribution in [2.75, 3.05) is 34.5 Å². The summed E-state index contributed by atoms with van der Waals surface area (Å²) < 4.78 is 16.2. The molecular weight excluding hydrogens is 230 g/mol. The minimum Gasteiger partial charge on any atom is -0.496 e. The second-order valence-electron chi connectivity index (χ2n) is 4.18. The molecule has 2 atom stereocenters. The Morgan fingerprint density at radius 2 is 1.89 bits per heavy atom. The van der Waals surface area contributed by atoms with E-state index in [1.807, 2.05) is 38.2 Å². The molecule has 1 N–H and O–H groups in total. The summed E-state index contributed by atoms with van der Waals surface area (Å²) in [6, 6.07) is 8.08. The summed E-state index contributed by atoms with van der Waals surface area (Å²) >= 11 is 0. The van der Waals surface area contributed by atoms with Crippen LogP contribution in [0.15, 0.2) is 24.3 Å². The van der Waals surface area contributed by atoms with Gasteiger partial charge in [0.1, 0.15) is 5.75 Å². The number of hydrogen-bond acceptors (Lipinski definition) is 4. The summed E-state index contributed by atoms with van der Waals surface area (Å²) in [5, 5.41) is 3.24. The molecule has 1 aromatic carbocycles. The maximum Gasteiger partial charge on any atom is 0.123 e. The van der Waals surface area contributed by atoms with Gasteiger partial charge in [0.15, 0.2) is 0 Å². The fourth-order valence-corrected chi connectivity index (χ4v) is 1.83. The van der Waals surface area contributed by atoms with Crippen LogP contribution in [-0.4, -0.2) is 40.6 Å². The molecule has 2 unspecified atom stereocenters. The SMILES string of the molecule is CNC(COC(C)COC)c1ccccc1OC. The zero-order valence-electron chi connectivity index (χ0n) is 11.6. The Labute approximate surface area is 109 Å². The Balaban J connectivity index is 2.65. The zero-order valence-corrected chi connectivity index (χ0v) is 11.6. The number of para-hydroxylation sites is 1. The standard InChI is InChI=1S/C14H23NO3/c1-11(9-16-3)18-10-13(15-2)12-7-5-6-8-14(12)17-4/h5-8,11,13,15H,9-10H2,1-4H3. The minimum absolute atomic E-state index is 0.0838. The van der Waals surface area contributed by atoms with Crippen molar-refractivity contribution < 1.29 is 14.2 Å². The van der Waals surface area contributed by atoms with Gasteiger partial charge in [-0.1, -0.05) is 18.2 Å². The molecule has 0 aromatic heterocycles. The average Bonchev–Trinajstić information content (AvgIpc) is 2.40. The first-order valence-corrected chi connectivity index (χ1v) is 6.13. The molecular formula is C14H23NO3. The molecule has 0 radical (unpaired) electrons. The van der Waals surface area contributed by atoms with Crippen molar-refractivity contribution in [3.63, 3.8) is 0 Å². The maximum absolute atomic E-state index is 5.75. The van der Waals surface area contributed by atoms with Crippen molar-refractivity contribution in [1.82, 2.24) is 5.32 Å². The van der Waals surface area contributed by atoms with Crippen LogP contribution in [-0.2, 0) is 9.47 Å². The first-order valence-electron chi connectivity index (χ1n) is 6.13. The van der Waals surface area contributed by atoms with Crippen molar-refractivity contribution in [2.45, 2.75) is 19.1 Å². The Bertz CT molecular complexity index is 344. The Morgan fingerprint density at radius 1 is 1.17 bits per heavy atom. The van der Waals surface area contributed by atoms with Crippen LogP contribution in [0.5, 0.6) is 5.75 Å². The summed E-state index contributed by atoms with van der Waals surface area (Å²) in [7, 11) is 5.27. The number of benzene rings is 1. The van der Waals surface area contributed by atoms with Gasteiger partial charge in [0.05, 0.1) is 32.5 Å². The van der Waals surface area contributed by atoms with Gasteiger partial charge in [-0.3, -0.25) is 0 Å². The highest BCUT2D eigenvalue weighted by Gasteiger charge is 2.15. The number of ether oxygens (including phenoxy) is 3. The predicted molar refractivity (Wildman–Crippen MR) is 72.1 cm³/mol. The summed E-state index contributed by atoms with van der Waals surface area (Å²) in [4.78, 5) is 0. The van der Waals surface area contributed by atoms with Gasteiger partial charge < -0.3 is 19.5 Å². The third-order valence-corrected chi connectivity index (χ3v) is 2.81. The number of nitrogens with one attached hydrogen (secondary N) is 1. The zero-order chi connectivity index (χ0) is 13.4. The van der Waals surface area contributed by atoms with Crippen LogP contribution >= 0.6 is 0 Å². The van der Waals surface area contributed by atoms with E-state index in [0.717, 1.165) is 11.3 Å². The molecule has 4 heteroatoms. The lowest BCUT2D eigenvalue weighted by Gasteiger charge is -2.21. The van der Waals surface area contributed by atoms with Crippen LogP contribution in [0.4, 0.5) is 0 Å². The maximum atomic E-state index is 5.75. The monoisotopic (exact) mass is 253 g/mol. The van der Waals surface area contributed by atoms with Crippen molar-refractivity contribution in [1.29, 1.82) is 0 Å². The van der Waals surface area contributed by atoms with E-state index < -0.39 is 0 Å². The van der Waals surface area contributed by atoms with Crippen LogP contribution in [0.3, 0.4) is 0 Å². The minimum atomic E-state index is 0.0838. The summed E-state index contributed by atoms with van der Waals surface area (Å²) in [6.07, 6.45) is 0.0838. The fourth-order valence-electron chi connectivity index (χ4n) is 1.83. The lowest BCUT2D eigenvalue weighted by atomic mass is 10.1. The molecule has 4 nitrogen and oxygen atoms in total. The van der Waals surface area contributed by atoms with Gasteiger partial charge in [0.2, 0.25) is 0 Å². The predicted octanol–water partition coefficient (Wildman–Crippen LogP) is 2.01. The van der Waals surface area contributed by atoms with Crippen molar-refractivity contribution >= 4 is 0 Å². The van der Waals surface area contributed by atoms with Gasteiger partial charge in [0, 0.05) is 12.7 Å². The average molecular weight is 253 g/mol. The highest BCUT2D eigenvalue weighted by Crippen LogP contribution is 2.24. The molecule has 0 saturated carbocycles. The fraction of sp³-hybridized carbons (Fsp3) is 0.571. The second-order valence-corrected chi connectivity index (χ2v) is 4.18. The molecule has 0 aliphatic carbocycles. The first-order chi connectivity index (χ1) is 8.72. The first kappa shape index (κ1) is 15.0. The van der Waals surface area contributed by atoms with E-state index in [9.17, 15) is 0 Å². The number of likely N-dealkylation sites (N-methyl/N-ethyl adjacent to an activating group) is 1. The smallest absolute Gasteiger partial charge is 0.123 e. The molecule has 0 fully saturated rings. The lowest BCUT2D eigenvalue weighted by molar-refractivity contribution is 0.00000147. The largest absolute Gasteiger partial charge is 0.496 e. The Hall–Kier alpha value is -1.10. The molecule has 0 bridgehead atoms. The van der Waals surface area contributed by atoms with Crippen molar-refractivity contribution in [3.8, 4) is 5.75 Å². The number of rotatable bonds is 8. The molecule has 0 heterocycles. The molecule has 1 aromatic rings. The van der Waals surface area contributed by atoms with Crippen molar-refractivity contribution in [2.24, 2.45) is 0 Å². The van der Waals surface area contributed by atoms with Gasteiger partial charge in [-0.05, 0) is 20.0 Å². The molecule has 0 saturated heterocycles. The van der Waals surface area contributed by atoms with Gasteiger partial charge in [0.25, 0.3) is 0 Å². The van der Waals surface area contributed by atoms with E-state index in [1.165, 1.54) is 0 Å². The molecule has 0 amide bonds. The van der Waals surface area contributed by atoms with Crippen LogP contribution < -0.4 is 10.1 Å².